The summed E-state index contributed by atoms with van der Waals surface area (Å²) in [6.07, 6.45) is 2.96. The van der Waals surface area contributed by atoms with E-state index in [1.165, 1.54) is 0 Å². The molecule has 1 aromatic rings. The standard InChI is InChI=1S/C10H16BrN3O/c11-9-8(1-4-12)13-10(14-9)7-2-5-15-6-3-7/h7H,1-6,12H2,(H,13,14). The van der Waals surface area contributed by atoms with Gasteiger partial charge in [-0.2, -0.15) is 0 Å². The molecular weight excluding hydrogens is 258 g/mol. The van der Waals surface area contributed by atoms with Gasteiger partial charge < -0.3 is 15.5 Å². The third kappa shape index (κ3) is 2.59. The molecule has 0 spiro atoms. The van der Waals surface area contributed by atoms with Gasteiger partial charge in [-0.05, 0) is 35.3 Å². The van der Waals surface area contributed by atoms with E-state index < -0.39 is 0 Å². The zero-order valence-corrected chi connectivity index (χ0v) is 10.2. The Kier molecular flexibility index (Phi) is 3.77. The van der Waals surface area contributed by atoms with Gasteiger partial charge in [-0.25, -0.2) is 4.98 Å². The van der Waals surface area contributed by atoms with E-state index in [9.17, 15) is 0 Å². The molecule has 4 nitrogen and oxygen atoms in total. The van der Waals surface area contributed by atoms with Crippen molar-refractivity contribution in [3.63, 3.8) is 0 Å². The zero-order chi connectivity index (χ0) is 10.7. The van der Waals surface area contributed by atoms with Crippen molar-refractivity contribution in [3.05, 3.63) is 16.1 Å². The molecule has 0 unspecified atom stereocenters. The van der Waals surface area contributed by atoms with E-state index in [1.54, 1.807) is 0 Å². The maximum absolute atomic E-state index is 5.53. The van der Waals surface area contributed by atoms with Crippen LogP contribution in [0.5, 0.6) is 0 Å². The van der Waals surface area contributed by atoms with Crippen LogP contribution < -0.4 is 5.73 Å². The van der Waals surface area contributed by atoms with Crippen LogP contribution in [0.4, 0.5) is 0 Å². The van der Waals surface area contributed by atoms with Gasteiger partial charge in [0.25, 0.3) is 0 Å². The Morgan fingerprint density at radius 1 is 1.47 bits per heavy atom. The highest BCUT2D eigenvalue weighted by atomic mass is 79.9. The van der Waals surface area contributed by atoms with Crippen LogP contribution in [0.2, 0.25) is 0 Å². The Bertz CT molecular complexity index is 320. The number of hydrogen-bond acceptors (Lipinski definition) is 3. The molecule has 0 atom stereocenters. The number of nitrogens with two attached hydrogens (primary N) is 1. The quantitative estimate of drug-likeness (QED) is 0.879. The van der Waals surface area contributed by atoms with E-state index in [4.69, 9.17) is 10.5 Å². The van der Waals surface area contributed by atoms with Crippen molar-refractivity contribution in [3.8, 4) is 0 Å². The van der Waals surface area contributed by atoms with Crippen molar-refractivity contribution in [1.82, 2.24) is 9.97 Å². The minimum absolute atomic E-state index is 0.515. The topological polar surface area (TPSA) is 63.9 Å². The number of rotatable bonds is 3. The van der Waals surface area contributed by atoms with Gasteiger partial charge in [0.05, 0.1) is 5.69 Å². The average Bonchev–Trinajstić information content (AvgIpc) is 2.63. The number of halogens is 1. The van der Waals surface area contributed by atoms with Crippen LogP contribution in [-0.4, -0.2) is 29.7 Å². The zero-order valence-electron chi connectivity index (χ0n) is 8.63. The van der Waals surface area contributed by atoms with Crippen molar-refractivity contribution in [2.24, 2.45) is 5.73 Å². The first kappa shape index (κ1) is 11.1. The molecule has 1 aliphatic heterocycles. The Labute approximate surface area is 97.7 Å². The molecule has 5 heteroatoms. The lowest BCUT2D eigenvalue weighted by Crippen LogP contribution is -2.15. The van der Waals surface area contributed by atoms with E-state index in [2.05, 4.69) is 25.9 Å². The van der Waals surface area contributed by atoms with Gasteiger partial charge in [0.1, 0.15) is 10.4 Å². The van der Waals surface area contributed by atoms with E-state index in [-0.39, 0.29) is 0 Å². The minimum atomic E-state index is 0.515. The molecule has 1 aliphatic rings. The van der Waals surface area contributed by atoms with Crippen LogP contribution in [0.25, 0.3) is 0 Å². The molecule has 15 heavy (non-hydrogen) atoms. The molecule has 0 radical (unpaired) electrons. The molecule has 0 bridgehead atoms. The Hall–Kier alpha value is -0.390. The first-order valence-corrected chi connectivity index (χ1v) is 6.12. The van der Waals surface area contributed by atoms with Crippen molar-refractivity contribution >= 4 is 15.9 Å². The number of aromatic nitrogens is 2. The predicted molar refractivity (Wildman–Crippen MR) is 61.8 cm³/mol. The largest absolute Gasteiger partial charge is 0.381 e. The van der Waals surface area contributed by atoms with Crippen LogP contribution in [-0.2, 0) is 11.2 Å². The summed E-state index contributed by atoms with van der Waals surface area (Å²) in [6, 6.07) is 0. The van der Waals surface area contributed by atoms with Crippen LogP contribution in [0.1, 0.15) is 30.3 Å². The Morgan fingerprint density at radius 3 is 2.87 bits per heavy atom. The fraction of sp³-hybridized carbons (Fsp3) is 0.700. The lowest BCUT2D eigenvalue weighted by Gasteiger charge is -2.19. The maximum Gasteiger partial charge on any atom is 0.127 e. The molecule has 0 amide bonds. The molecule has 3 N–H and O–H groups in total. The maximum atomic E-state index is 5.53. The van der Waals surface area contributed by atoms with E-state index in [0.29, 0.717) is 12.5 Å². The number of imidazole rings is 1. The number of ether oxygens (including phenoxy) is 1. The Morgan fingerprint density at radius 2 is 2.20 bits per heavy atom. The normalized spacial score (nSPS) is 18.3. The molecule has 2 rings (SSSR count). The third-order valence-corrected chi connectivity index (χ3v) is 3.40. The molecular formula is C10H16BrN3O. The smallest absolute Gasteiger partial charge is 0.127 e. The highest BCUT2D eigenvalue weighted by Gasteiger charge is 2.20. The second-order valence-corrected chi connectivity index (χ2v) is 4.57. The summed E-state index contributed by atoms with van der Waals surface area (Å²) in [7, 11) is 0. The van der Waals surface area contributed by atoms with Gasteiger partial charge in [-0.1, -0.05) is 0 Å². The van der Waals surface area contributed by atoms with Crippen molar-refractivity contribution in [2.75, 3.05) is 19.8 Å². The fourth-order valence-electron chi connectivity index (χ4n) is 1.88. The second kappa shape index (κ2) is 5.09. The van der Waals surface area contributed by atoms with Crippen molar-refractivity contribution in [2.45, 2.75) is 25.2 Å². The summed E-state index contributed by atoms with van der Waals surface area (Å²) in [6.45, 7) is 2.33. The van der Waals surface area contributed by atoms with Crippen LogP contribution in [0.3, 0.4) is 0 Å². The molecule has 1 fully saturated rings. The SMILES string of the molecule is NCCc1[nH]c(C2CCOCC2)nc1Br. The molecule has 84 valence electrons. The van der Waals surface area contributed by atoms with Crippen LogP contribution in [0.15, 0.2) is 4.60 Å². The first-order chi connectivity index (χ1) is 7.31. The monoisotopic (exact) mass is 273 g/mol. The highest BCUT2D eigenvalue weighted by molar-refractivity contribution is 9.10. The summed E-state index contributed by atoms with van der Waals surface area (Å²) < 4.78 is 6.24. The van der Waals surface area contributed by atoms with Gasteiger partial charge in [0.15, 0.2) is 0 Å². The van der Waals surface area contributed by atoms with Gasteiger partial charge in [0, 0.05) is 25.6 Å². The molecule has 2 heterocycles. The van der Waals surface area contributed by atoms with Gasteiger partial charge in [-0.3, -0.25) is 0 Å². The van der Waals surface area contributed by atoms with Gasteiger partial charge in [0.2, 0.25) is 0 Å². The van der Waals surface area contributed by atoms with Crippen molar-refractivity contribution < 1.29 is 4.74 Å². The number of H-pyrrole nitrogens is 1. The summed E-state index contributed by atoms with van der Waals surface area (Å²) in [5.41, 5.74) is 6.64. The number of aromatic amines is 1. The van der Waals surface area contributed by atoms with Crippen LogP contribution in [0, 0.1) is 0 Å². The number of nitrogens with zero attached hydrogens (tertiary/aromatic N) is 1. The van der Waals surface area contributed by atoms with Gasteiger partial charge >= 0.3 is 0 Å². The second-order valence-electron chi connectivity index (χ2n) is 3.82. The van der Waals surface area contributed by atoms with Gasteiger partial charge in [-0.15, -0.1) is 0 Å². The summed E-state index contributed by atoms with van der Waals surface area (Å²) in [5.74, 6) is 1.59. The summed E-state index contributed by atoms with van der Waals surface area (Å²) >= 11 is 3.46. The summed E-state index contributed by atoms with van der Waals surface area (Å²) in [4.78, 5) is 7.86. The number of nitrogens with one attached hydrogen (secondary N) is 1. The Balaban J connectivity index is 2.10. The van der Waals surface area contributed by atoms with Crippen LogP contribution >= 0.6 is 15.9 Å². The minimum Gasteiger partial charge on any atom is -0.381 e. The van der Waals surface area contributed by atoms with E-state index in [1.807, 2.05) is 0 Å². The first-order valence-electron chi connectivity index (χ1n) is 5.33. The molecule has 1 aromatic heterocycles. The molecule has 0 aliphatic carbocycles. The lowest BCUT2D eigenvalue weighted by atomic mass is 10.00. The number of hydrogen-bond donors (Lipinski definition) is 2. The fourth-order valence-corrected chi connectivity index (χ4v) is 2.37. The predicted octanol–water partition coefficient (Wildman–Crippen LogP) is 1.57. The summed E-state index contributed by atoms with van der Waals surface area (Å²) in [5, 5.41) is 0. The lowest BCUT2D eigenvalue weighted by molar-refractivity contribution is 0.0837. The molecule has 0 saturated carbocycles. The van der Waals surface area contributed by atoms with Crippen molar-refractivity contribution in [1.29, 1.82) is 0 Å². The van der Waals surface area contributed by atoms with E-state index >= 15 is 0 Å². The molecule has 0 aromatic carbocycles. The average molecular weight is 274 g/mol. The molecule has 1 saturated heterocycles. The third-order valence-electron chi connectivity index (χ3n) is 2.75. The highest BCUT2D eigenvalue weighted by Crippen LogP contribution is 2.27. The van der Waals surface area contributed by atoms with E-state index in [0.717, 1.165) is 48.6 Å².